The first-order chi connectivity index (χ1) is 9.09. The molecular weight excluding hydrogens is 264 g/mol. The Bertz CT molecular complexity index is 488. The second kappa shape index (κ2) is 7.47. The van der Waals surface area contributed by atoms with Crippen LogP contribution in [0.5, 0.6) is 0 Å². The van der Waals surface area contributed by atoms with Crippen molar-refractivity contribution in [3.05, 3.63) is 29.8 Å². The molecule has 1 heterocycles. The zero-order valence-electron chi connectivity index (χ0n) is 11.7. The quantitative estimate of drug-likeness (QED) is 0.928. The van der Waals surface area contributed by atoms with E-state index >= 15 is 0 Å². The minimum Gasteiger partial charge on any atom is -0.379 e. The number of benzene rings is 1. The summed E-state index contributed by atoms with van der Waals surface area (Å²) in [5, 5.41) is 0. The number of ether oxygens (including phenoxy) is 1. The van der Waals surface area contributed by atoms with Crippen molar-refractivity contribution in [2.45, 2.75) is 20.8 Å². The highest BCUT2D eigenvalue weighted by Gasteiger charge is 2.24. The van der Waals surface area contributed by atoms with Gasteiger partial charge in [0.05, 0.1) is 18.9 Å². The third kappa shape index (κ3) is 4.49. The average molecular weight is 288 g/mol. The average Bonchev–Trinajstić information content (AvgIpc) is 2.44. The van der Waals surface area contributed by atoms with Gasteiger partial charge in [-0.1, -0.05) is 32.0 Å². The van der Waals surface area contributed by atoms with E-state index in [2.05, 4.69) is 4.72 Å². The van der Waals surface area contributed by atoms with Crippen LogP contribution < -0.4 is 4.72 Å². The zero-order chi connectivity index (χ0) is 14.3. The molecule has 1 saturated heterocycles. The van der Waals surface area contributed by atoms with Crippen LogP contribution in [0.1, 0.15) is 20.8 Å². The summed E-state index contributed by atoms with van der Waals surface area (Å²) in [6, 6.07) is 7.32. The van der Waals surface area contributed by atoms with Gasteiger partial charge in [-0.2, -0.15) is 12.7 Å². The Morgan fingerprint density at radius 3 is 2.37 bits per heavy atom. The monoisotopic (exact) mass is 288 g/mol. The first kappa shape index (κ1) is 15.9. The summed E-state index contributed by atoms with van der Waals surface area (Å²) in [5.74, 6) is 0. The van der Waals surface area contributed by atoms with E-state index in [0.29, 0.717) is 32.0 Å². The highest BCUT2D eigenvalue weighted by molar-refractivity contribution is 7.90. The molecule has 0 saturated carbocycles. The Hall–Kier alpha value is -1.11. The van der Waals surface area contributed by atoms with Crippen molar-refractivity contribution in [3.8, 4) is 0 Å². The maximum absolute atomic E-state index is 12.1. The SMILES string of the molecule is CC.Cc1ccccc1NS(=O)(=O)N1CCOCC1.[HH]. The lowest BCUT2D eigenvalue weighted by Crippen LogP contribution is -2.43. The fourth-order valence-corrected chi connectivity index (χ4v) is 2.94. The van der Waals surface area contributed by atoms with E-state index in [-0.39, 0.29) is 1.43 Å². The van der Waals surface area contributed by atoms with Gasteiger partial charge in [0.15, 0.2) is 0 Å². The van der Waals surface area contributed by atoms with Crippen molar-refractivity contribution in [1.82, 2.24) is 4.31 Å². The molecule has 1 N–H and O–H groups in total. The van der Waals surface area contributed by atoms with Gasteiger partial charge in [0.25, 0.3) is 0 Å². The summed E-state index contributed by atoms with van der Waals surface area (Å²) >= 11 is 0. The molecule has 0 radical (unpaired) electrons. The van der Waals surface area contributed by atoms with E-state index < -0.39 is 10.2 Å². The van der Waals surface area contributed by atoms with Crippen molar-refractivity contribution in [2.24, 2.45) is 0 Å². The molecule has 1 aromatic carbocycles. The van der Waals surface area contributed by atoms with Crippen molar-refractivity contribution >= 4 is 15.9 Å². The Labute approximate surface area is 117 Å². The van der Waals surface area contributed by atoms with Crippen LogP contribution in [0.4, 0.5) is 5.69 Å². The van der Waals surface area contributed by atoms with Gasteiger partial charge in [0, 0.05) is 14.5 Å². The maximum atomic E-state index is 12.1. The third-order valence-corrected chi connectivity index (χ3v) is 4.22. The molecule has 0 aromatic heterocycles. The molecule has 2 rings (SSSR count). The molecule has 1 aliphatic rings. The topological polar surface area (TPSA) is 58.6 Å². The van der Waals surface area contributed by atoms with Crippen molar-refractivity contribution < 1.29 is 14.6 Å². The van der Waals surface area contributed by atoms with Crippen LogP contribution in [0.15, 0.2) is 24.3 Å². The second-order valence-electron chi connectivity index (χ2n) is 3.93. The summed E-state index contributed by atoms with van der Waals surface area (Å²) in [6.07, 6.45) is 0. The fourth-order valence-electron chi connectivity index (χ4n) is 1.68. The number of rotatable bonds is 3. The van der Waals surface area contributed by atoms with E-state index in [9.17, 15) is 8.42 Å². The number of para-hydroxylation sites is 1. The van der Waals surface area contributed by atoms with E-state index in [1.54, 1.807) is 6.07 Å². The molecule has 1 aliphatic heterocycles. The third-order valence-electron chi connectivity index (χ3n) is 2.69. The summed E-state index contributed by atoms with van der Waals surface area (Å²) in [5.41, 5.74) is 1.53. The van der Waals surface area contributed by atoms with Crippen molar-refractivity contribution in [1.29, 1.82) is 0 Å². The van der Waals surface area contributed by atoms with E-state index in [4.69, 9.17) is 4.74 Å². The minimum absolute atomic E-state index is 0. The number of hydrogen-bond acceptors (Lipinski definition) is 3. The van der Waals surface area contributed by atoms with Crippen molar-refractivity contribution in [2.75, 3.05) is 31.0 Å². The maximum Gasteiger partial charge on any atom is 0.301 e. The lowest BCUT2D eigenvalue weighted by molar-refractivity contribution is 0.0733. The van der Waals surface area contributed by atoms with Gasteiger partial charge in [-0.3, -0.25) is 4.72 Å². The summed E-state index contributed by atoms with van der Waals surface area (Å²) in [7, 11) is -3.46. The Kier molecular flexibility index (Phi) is 6.27. The predicted molar refractivity (Wildman–Crippen MR) is 79.6 cm³/mol. The molecule has 19 heavy (non-hydrogen) atoms. The van der Waals surface area contributed by atoms with Gasteiger partial charge in [-0.05, 0) is 18.6 Å². The molecule has 0 atom stereocenters. The van der Waals surface area contributed by atoms with Crippen LogP contribution in [0.3, 0.4) is 0 Å². The highest BCUT2D eigenvalue weighted by atomic mass is 32.2. The molecule has 0 aliphatic carbocycles. The molecular formula is C13H24N2O3S. The number of nitrogens with zero attached hydrogens (tertiary/aromatic N) is 1. The first-order valence-corrected chi connectivity index (χ1v) is 7.95. The van der Waals surface area contributed by atoms with Crippen LogP contribution in [0.25, 0.3) is 0 Å². The zero-order valence-corrected chi connectivity index (χ0v) is 12.5. The lowest BCUT2D eigenvalue weighted by atomic mass is 10.2. The van der Waals surface area contributed by atoms with Gasteiger partial charge >= 0.3 is 10.2 Å². The molecule has 1 aromatic rings. The number of aryl methyl sites for hydroxylation is 1. The Morgan fingerprint density at radius 1 is 1.21 bits per heavy atom. The van der Waals surface area contributed by atoms with E-state index in [1.807, 2.05) is 39.0 Å². The lowest BCUT2D eigenvalue weighted by Gasteiger charge is -2.26. The van der Waals surface area contributed by atoms with Crippen LogP contribution in [-0.2, 0) is 14.9 Å². The van der Waals surface area contributed by atoms with Gasteiger partial charge < -0.3 is 4.74 Å². The van der Waals surface area contributed by atoms with Gasteiger partial charge in [-0.25, -0.2) is 0 Å². The Balaban J connectivity index is 0.00000115. The molecule has 1 fully saturated rings. The molecule has 0 amide bonds. The van der Waals surface area contributed by atoms with Gasteiger partial charge in [-0.15, -0.1) is 0 Å². The minimum atomic E-state index is -3.46. The molecule has 5 nitrogen and oxygen atoms in total. The van der Waals surface area contributed by atoms with E-state index in [1.165, 1.54) is 4.31 Å². The largest absolute Gasteiger partial charge is 0.379 e. The highest BCUT2D eigenvalue weighted by Crippen LogP contribution is 2.16. The normalized spacial score (nSPS) is 16.4. The summed E-state index contributed by atoms with van der Waals surface area (Å²) < 4.78 is 33.3. The number of nitrogens with one attached hydrogen (secondary N) is 1. The summed E-state index contributed by atoms with van der Waals surface area (Å²) in [6.45, 7) is 7.59. The van der Waals surface area contributed by atoms with Crippen LogP contribution >= 0.6 is 0 Å². The van der Waals surface area contributed by atoms with Crippen molar-refractivity contribution in [3.63, 3.8) is 0 Å². The first-order valence-electron chi connectivity index (χ1n) is 6.51. The van der Waals surface area contributed by atoms with Crippen LogP contribution in [0, 0.1) is 6.92 Å². The molecule has 110 valence electrons. The van der Waals surface area contributed by atoms with Crippen LogP contribution in [0.2, 0.25) is 0 Å². The van der Waals surface area contributed by atoms with E-state index in [0.717, 1.165) is 5.56 Å². The fraction of sp³-hybridized carbons (Fsp3) is 0.538. The number of morpholine rings is 1. The number of hydrogen-bond donors (Lipinski definition) is 1. The van der Waals surface area contributed by atoms with Gasteiger partial charge in [0.2, 0.25) is 0 Å². The van der Waals surface area contributed by atoms with Gasteiger partial charge in [0.1, 0.15) is 0 Å². The number of anilines is 1. The predicted octanol–water partition coefficient (Wildman–Crippen LogP) is 2.26. The smallest absolute Gasteiger partial charge is 0.301 e. The molecule has 0 bridgehead atoms. The standard InChI is InChI=1S/C11H16N2O3S.C2H6.H2/c1-10-4-2-3-5-11(10)12-17(14,15)13-6-8-16-9-7-13;1-2;/h2-5,12H,6-9H2,1H3;1-2H3;1H. The molecule has 6 heteroatoms. The second-order valence-corrected chi connectivity index (χ2v) is 5.60. The Morgan fingerprint density at radius 2 is 1.79 bits per heavy atom. The van der Waals surface area contributed by atoms with Crippen LogP contribution in [-0.4, -0.2) is 39.0 Å². The summed E-state index contributed by atoms with van der Waals surface area (Å²) in [4.78, 5) is 0. The molecule has 0 unspecified atom stereocenters. The molecule has 0 spiro atoms.